The van der Waals surface area contributed by atoms with Crippen LogP contribution in [0.5, 0.6) is 0 Å². The molecule has 1 N–H and O–H groups in total. The van der Waals surface area contributed by atoms with Crippen molar-refractivity contribution in [2.45, 2.75) is 39.2 Å². The Morgan fingerprint density at radius 2 is 2.17 bits per heavy atom. The monoisotopic (exact) mass is 247 g/mol. The second kappa shape index (κ2) is 5.62. The number of carboxylic acids is 1. The van der Waals surface area contributed by atoms with Crippen LogP contribution in [0.15, 0.2) is 18.2 Å². The zero-order valence-corrected chi connectivity index (χ0v) is 10.5. The summed E-state index contributed by atoms with van der Waals surface area (Å²) in [7, 11) is 0. The number of para-hydroxylation sites is 1. The third kappa shape index (κ3) is 2.50. The second-order valence-corrected chi connectivity index (χ2v) is 4.35. The number of nitrogens with zero attached hydrogens (tertiary/aromatic N) is 3. The summed E-state index contributed by atoms with van der Waals surface area (Å²) in [6.07, 6.45) is 4.50. The van der Waals surface area contributed by atoms with Crippen LogP contribution in [-0.4, -0.2) is 26.1 Å². The number of rotatable bonds is 6. The summed E-state index contributed by atoms with van der Waals surface area (Å²) in [6.45, 7) is 2.88. The molecule has 0 saturated carbocycles. The van der Waals surface area contributed by atoms with Crippen LogP contribution in [0.25, 0.3) is 11.0 Å². The molecule has 1 aromatic carbocycles. The van der Waals surface area contributed by atoms with Gasteiger partial charge in [-0.1, -0.05) is 37.5 Å². The number of carbonyl (C=O) groups is 1. The Hall–Kier alpha value is -1.91. The maximum Gasteiger partial charge on any atom is 0.337 e. The molecule has 5 nitrogen and oxygen atoms in total. The van der Waals surface area contributed by atoms with E-state index in [0.29, 0.717) is 11.0 Å². The maximum absolute atomic E-state index is 11.2. The number of hydrogen-bond acceptors (Lipinski definition) is 3. The van der Waals surface area contributed by atoms with E-state index in [1.54, 1.807) is 22.9 Å². The number of hydrogen-bond donors (Lipinski definition) is 1. The van der Waals surface area contributed by atoms with Gasteiger partial charge in [0.15, 0.2) is 0 Å². The predicted molar refractivity (Wildman–Crippen MR) is 68.6 cm³/mol. The van der Waals surface area contributed by atoms with Gasteiger partial charge in [-0.25, -0.2) is 9.48 Å². The van der Waals surface area contributed by atoms with Gasteiger partial charge in [0.2, 0.25) is 0 Å². The molecule has 1 heterocycles. The second-order valence-electron chi connectivity index (χ2n) is 4.35. The highest BCUT2D eigenvalue weighted by Gasteiger charge is 2.13. The number of carboxylic acid groups (broad SMARTS) is 1. The molecule has 5 heteroatoms. The van der Waals surface area contributed by atoms with Gasteiger partial charge in [0.05, 0.1) is 5.56 Å². The van der Waals surface area contributed by atoms with Gasteiger partial charge in [0.25, 0.3) is 0 Å². The Kier molecular flexibility index (Phi) is 3.92. The van der Waals surface area contributed by atoms with Gasteiger partial charge in [-0.05, 0) is 18.6 Å². The number of unbranched alkanes of at least 4 members (excludes halogenated alkanes) is 3. The lowest BCUT2D eigenvalue weighted by Gasteiger charge is -2.04. The van der Waals surface area contributed by atoms with Crippen molar-refractivity contribution in [3.05, 3.63) is 23.8 Å². The molecular formula is C13H17N3O2. The van der Waals surface area contributed by atoms with E-state index >= 15 is 0 Å². The summed E-state index contributed by atoms with van der Waals surface area (Å²) in [5, 5.41) is 17.2. The zero-order valence-electron chi connectivity index (χ0n) is 10.5. The fraction of sp³-hybridized carbons (Fsp3) is 0.462. The third-order valence-electron chi connectivity index (χ3n) is 2.99. The van der Waals surface area contributed by atoms with E-state index in [-0.39, 0.29) is 5.56 Å². The quantitative estimate of drug-likeness (QED) is 0.797. The molecule has 0 atom stereocenters. The number of benzene rings is 1. The van der Waals surface area contributed by atoms with E-state index < -0.39 is 5.97 Å². The normalized spacial score (nSPS) is 10.9. The lowest BCUT2D eigenvalue weighted by atomic mass is 10.1. The van der Waals surface area contributed by atoms with Crippen LogP contribution in [0.1, 0.15) is 43.0 Å². The van der Waals surface area contributed by atoms with Crippen LogP contribution in [0, 0.1) is 0 Å². The average Bonchev–Trinajstić information content (AvgIpc) is 2.77. The minimum atomic E-state index is -0.933. The molecule has 0 amide bonds. The van der Waals surface area contributed by atoms with Crippen molar-refractivity contribution in [2.24, 2.45) is 0 Å². The van der Waals surface area contributed by atoms with Crippen molar-refractivity contribution in [3.63, 3.8) is 0 Å². The summed E-state index contributed by atoms with van der Waals surface area (Å²) < 4.78 is 1.70. The minimum absolute atomic E-state index is 0.271. The van der Waals surface area contributed by atoms with Crippen molar-refractivity contribution < 1.29 is 9.90 Å². The largest absolute Gasteiger partial charge is 0.478 e. The molecule has 1 aromatic heterocycles. The standard InChI is InChI=1S/C13H17N3O2/c1-2-3-4-5-9-16-12-10(13(17)18)7-6-8-11(12)14-15-16/h6-8H,2-5,9H2,1H3,(H,17,18). The highest BCUT2D eigenvalue weighted by atomic mass is 16.4. The first-order valence-electron chi connectivity index (χ1n) is 6.29. The van der Waals surface area contributed by atoms with Crippen LogP contribution in [0.3, 0.4) is 0 Å². The Balaban J connectivity index is 2.25. The van der Waals surface area contributed by atoms with E-state index in [2.05, 4.69) is 17.2 Å². The SMILES string of the molecule is CCCCCCn1nnc2cccc(C(=O)O)c21. The first-order chi connectivity index (χ1) is 8.74. The van der Waals surface area contributed by atoms with Crippen LogP contribution in [-0.2, 0) is 6.54 Å². The van der Waals surface area contributed by atoms with Gasteiger partial charge in [-0.15, -0.1) is 5.10 Å². The fourth-order valence-electron chi connectivity index (χ4n) is 2.05. The Morgan fingerprint density at radius 3 is 2.89 bits per heavy atom. The third-order valence-corrected chi connectivity index (χ3v) is 2.99. The highest BCUT2D eigenvalue weighted by molar-refractivity contribution is 6.00. The van der Waals surface area contributed by atoms with E-state index in [4.69, 9.17) is 5.11 Å². The number of aromatic nitrogens is 3. The maximum atomic E-state index is 11.2. The van der Waals surface area contributed by atoms with Gasteiger partial charge < -0.3 is 5.11 Å². The van der Waals surface area contributed by atoms with Gasteiger partial charge in [0.1, 0.15) is 11.0 Å². The summed E-state index contributed by atoms with van der Waals surface area (Å²) >= 11 is 0. The molecule has 96 valence electrons. The summed E-state index contributed by atoms with van der Waals surface area (Å²) in [4.78, 5) is 11.2. The topological polar surface area (TPSA) is 68.0 Å². The van der Waals surface area contributed by atoms with E-state index in [1.165, 1.54) is 12.8 Å². The highest BCUT2D eigenvalue weighted by Crippen LogP contribution is 2.17. The Bertz CT molecular complexity index is 548. The van der Waals surface area contributed by atoms with E-state index in [1.807, 2.05) is 0 Å². The van der Waals surface area contributed by atoms with Crippen molar-refractivity contribution in [3.8, 4) is 0 Å². The van der Waals surface area contributed by atoms with E-state index in [9.17, 15) is 4.79 Å². The summed E-state index contributed by atoms with van der Waals surface area (Å²) in [6, 6.07) is 5.08. The lowest BCUT2D eigenvalue weighted by molar-refractivity contribution is 0.0698. The van der Waals surface area contributed by atoms with Crippen molar-refractivity contribution in [1.29, 1.82) is 0 Å². The molecule has 0 aliphatic rings. The smallest absolute Gasteiger partial charge is 0.337 e. The zero-order chi connectivity index (χ0) is 13.0. The van der Waals surface area contributed by atoms with Crippen molar-refractivity contribution in [2.75, 3.05) is 0 Å². The fourth-order valence-corrected chi connectivity index (χ4v) is 2.05. The Labute approximate surface area is 105 Å². The lowest BCUT2D eigenvalue weighted by Crippen LogP contribution is -2.05. The first kappa shape index (κ1) is 12.5. The summed E-state index contributed by atoms with van der Waals surface area (Å²) in [5.41, 5.74) is 1.54. The minimum Gasteiger partial charge on any atom is -0.478 e. The molecule has 0 aliphatic heterocycles. The number of fused-ring (bicyclic) bond motifs is 1. The molecule has 2 rings (SSSR count). The molecule has 2 aromatic rings. The molecule has 0 fully saturated rings. The van der Waals surface area contributed by atoms with Crippen LogP contribution in [0.2, 0.25) is 0 Å². The number of aryl methyl sites for hydroxylation is 1. The van der Waals surface area contributed by atoms with Gasteiger partial charge in [0, 0.05) is 6.54 Å². The Morgan fingerprint density at radius 1 is 1.33 bits per heavy atom. The average molecular weight is 247 g/mol. The van der Waals surface area contributed by atoms with Crippen LogP contribution < -0.4 is 0 Å². The van der Waals surface area contributed by atoms with Crippen LogP contribution >= 0.6 is 0 Å². The molecular weight excluding hydrogens is 230 g/mol. The number of aromatic carboxylic acids is 1. The first-order valence-corrected chi connectivity index (χ1v) is 6.29. The van der Waals surface area contributed by atoms with Gasteiger partial charge in [-0.3, -0.25) is 0 Å². The van der Waals surface area contributed by atoms with Crippen molar-refractivity contribution in [1.82, 2.24) is 15.0 Å². The molecule has 0 radical (unpaired) electrons. The summed E-state index contributed by atoms with van der Waals surface area (Å²) in [5.74, 6) is -0.933. The van der Waals surface area contributed by atoms with Gasteiger partial charge in [-0.2, -0.15) is 0 Å². The molecule has 0 aliphatic carbocycles. The molecule has 0 unspecified atom stereocenters. The van der Waals surface area contributed by atoms with Crippen LogP contribution in [0.4, 0.5) is 0 Å². The predicted octanol–water partition coefficient (Wildman–Crippen LogP) is 2.71. The van der Waals surface area contributed by atoms with Crippen molar-refractivity contribution >= 4 is 17.0 Å². The molecule has 0 bridgehead atoms. The van der Waals surface area contributed by atoms with Gasteiger partial charge >= 0.3 is 5.97 Å². The molecule has 18 heavy (non-hydrogen) atoms. The van der Waals surface area contributed by atoms with E-state index in [0.717, 1.165) is 19.4 Å². The molecule has 0 saturated heterocycles. The molecule has 0 spiro atoms.